The smallest absolute Gasteiger partial charge is 0.477 e. The van der Waals surface area contributed by atoms with E-state index in [1.807, 2.05) is 0 Å². The first-order valence-corrected chi connectivity index (χ1v) is 6.69. The van der Waals surface area contributed by atoms with Gasteiger partial charge in [0.2, 0.25) is 0 Å². The second-order valence-electron chi connectivity index (χ2n) is 5.37. The summed E-state index contributed by atoms with van der Waals surface area (Å²) in [6, 6.07) is 4.43. The number of carboxylic acid groups (broad SMARTS) is 1. The molecule has 0 amide bonds. The van der Waals surface area contributed by atoms with Gasteiger partial charge >= 0.3 is 12.3 Å². The maximum absolute atomic E-state index is 12.6. The van der Waals surface area contributed by atoms with Crippen molar-refractivity contribution in [1.82, 2.24) is 4.98 Å². The molecule has 116 valence electrons. The summed E-state index contributed by atoms with van der Waals surface area (Å²) in [5, 5.41) is 9.50. The lowest BCUT2D eigenvalue weighted by atomic mass is 10.0. The summed E-state index contributed by atoms with van der Waals surface area (Å²) in [5.41, 5.74) is 0.923. The van der Waals surface area contributed by atoms with E-state index in [0.717, 1.165) is 18.4 Å². The lowest BCUT2D eigenvalue weighted by molar-refractivity contribution is -0.274. The fourth-order valence-electron chi connectivity index (χ4n) is 2.45. The van der Waals surface area contributed by atoms with Gasteiger partial charge in [-0.15, -0.1) is 13.2 Å². The number of nitrogens with zero attached hydrogens (tertiary/aromatic N) is 1. The maximum atomic E-state index is 12.6. The highest BCUT2D eigenvalue weighted by atomic mass is 19.4. The molecule has 22 heavy (non-hydrogen) atoms. The molecule has 0 atom stereocenters. The van der Waals surface area contributed by atoms with Crippen LogP contribution in [0.5, 0.6) is 5.75 Å². The van der Waals surface area contributed by atoms with E-state index in [0.29, 0.717) is 10.9 Å². The minimum atomic E-state index is -4.86. The van der Waals surface area contributed by atoms with E-state index < -0.39 is 18.1 Å². The number of hydrogen-bond acceptors (Lipinski definition) is 3. The summed E-state index contributed by atoms with van der Waals surface area (Å²) in [4.78, 5) is 14.9. The Morgan fingerprint density at radius 1 is 1.32 bits per heavy atom. The van der Waals surface area contributed by atoms with Crippen LogP contribution < -0.4 is 4.74 Å². The number of ether oxygens (including phenoxy) is 1. The zero-order valence-electron chi connectivity index (χ0n) is 11.6. The van der Waals surface area contributed by atoms with Crippen molar-refractivity contribution in [2.24, 2.45) is 0 Å². The van der Waals surface area contributed by atoms with Gasteiger partial charge < -0.3 is 9.84 Å². The summed E-state index contributed by atoms with van der Waals surface area (Å²) in [7, 11) is 0. The fourth-order valence-corrected chi connectivity index (χ4v) is 2.45. The van der Waals surface area contributed by atoms with Gasteiger partial charge in [0.25, 0.3) is 0 Å². The third-order valence-corrected chi connectivity index (χ3v) is 3.60. The van der Waals surface area contributed by atoms with Crippen LogP contribution in [0.4, 0.5) is 13.2 Å². The Kier molecular flexibility index (Phi) is 3.23. The van der Waals surface area contributed by atoms with E-state index in [9.17, 15) is 18.0 Å². The normalized spacial score (nSPS) is 15.1. The van der Waals surface area contributed by atoms with Crippen molar-refractivity contribution < 1.29 is 27.8 Å². The predicted molar refractivity (Wildman–Crippen MR) is 72.1 cm³/mol. The molecule has 3 rings (SSSR count). The minimum absolute atomic E-state index is 0.0841. The molecule has 1 heterocycles. The Morgan fingerprint density at radius 2 is 2.00 bits per heavy atom. The third kappa shape index (κ3) is 2.84. The van der Waals surface area contributed by atoms with Gasteiger partial charge in [-0.3, -0.25) is 0 Å². The van der Waals surface area contributed by atoms with Gasteiger partial charge in [-0.05, 0) is 55.0 Å². The van der Waals surface area contributed by atoms with Crippen molar-refractivity contribution in [3.8, 4) is 5.75 Å². The van der Waals surface area contributed by atoms with Crippen molar-refractivity contribution in [3.05, 3.63) is 35.0 Å². The second-order valence-corrected chi connectivity index (χ2v) is 5.37. The molecule has 1 aliphatic rings. The second kappa shape index (κ2) is 4.86. The number of aromatic nitrogens is 1. The number of rotatable bonds is 3. The number of halogens is 3. The predicted octanol–water partition coefficient (Wildman–Crippen LogP) is 4.02. The molecule has 1 aromatic carbocycles. The van der Waals surface area contributed by atoms with Gasteiger partial charge in [0.15, 0.2) is 5.75 Å². The number of hydrogen-bond donors (Lipinski definition) is 1. The number of carboxylic acids is 1. The molecular formula is C15H12F3NO3. The van der Waals surface area contributed by atoms with E-state index >= 15 is 0 Å². The molecule has 0 radical (unpaired) electrons. The monoisotopic (exact) mass is 311 g/mol. The van der Waals surface area contributed by atoms with E-state index in [4.69, 9.17) is 5.11 Å². The van der Waals surface area contributed by atoms with Gasteiger partial charge in [-0.25, -0.2) is 9.78 Å². The average molecular weight is 311 g/mol. The number of alkyl halides is 3. The van der Waals surface area contributed by atoms with Crippen LogP contribution >= 0.6 is 0 Å². The topological polar surface area (TPSA) is 59.4 Å². The van der Waals surface area contributed by atoms with Gasteiger partial charge in [0.1, 0.15) is 11.2 Å². The third-order valence-electron chi connectivity index (χ3n) is 3.60. The van der Waals surface area contributed by atoms with Gasteiger partial charge in [-0.1, -0.05) is 0 Å². The first kappa shape index (κ1) is 14.6. The zero-order chi connectivity index (χ0) is 16.1. The number of benzene rings is 1. The highest BCUT2D eigenvalue weighted by Gasteiger charge is 2.34. The number of pyridine rings is 1. The molecule has 1 aliphatic carbocycles. The molecule has 0 saturated heterocycles. The summed E-state index contributed by atoms with van der Waals surface area (Å²) in [6.07, 6.45) is -3.00. The van der Waals surface area contributed by atoms with Crippen molar-refractivity contribution >= 4 is 16.9 Å². The lowest BCUT2D eigenvalue weighted by Gasteiger charge is -2.14. The number of aromatic carboxylic acids is 1. The molecule has 7 heteroatoms. The van der Waals surface area contributed by atoms with E-state index in [-0.39, 0.29) is 17.1 Å². The summed E-state index contributed by atoms with van der Waals surface area (Å²) in [6.45, 7) is 1.64. The molecule has 0 aliphatic heterocycles. The molecule has 0 bridgehead atoms. The van der Waals surface area contributed by atoms with E-state index in [1.54, 1.807) is 13.0 Å². The molecular weight excluding hydrogens is 299 g/mol. The summed E-state index contributed by atoms with van der Waals surface area (Å²) in [5.74, 6) is -1.51. The Balaban J connectivity index is 2.25. The standard InChI is InChI=1S/C15H12F3NO3/c1-7-4-11(14(20)21)19-13-10(7)5-9(8-2-3-8)6-12(13)22-15(16,17)18/h4-6,8H,2-3H2,1H3,(H,20,21). The van der Waals surface area contributed by atoms with E-state index in [1.165, 1.54) is 12.1 Å². The van der Waals surface area contributed by atoms with Gasteiger partial charge in [0, 0.05) is 5.39 Å². The molecule has 2 aromatic rings. The number of fused-ring (bicyclic) bond motifs is 1. The Bertz CT molecular complexity index is 767. The molecule has 1 saturated carbocycles. The first-order valence-electron chi connectivity index (χ1n) is 6.69. The highest BCUT2D eigenvalue weighted by molar-refractivity contribution is 5.94. The molecule has 4 nitrogen and oxygen atoms in total. The van der Waals surface area contributed by atoms with Crippen LogP contribution in [0.25, 0.3) is 10.9 Å². The van der Waals surface area contributed by atoms with Gasteiger partial charge in [-0.2, -0.15) is 0 Å². The Labute approximate surface area is 123 Å². The van der Waals surface area contributed by atoms with Crippen LogP contribution in [0.15, 0.2) is 18.2 Å². The summed E-state index contributed by atoms with van der Waals surface area (Å²) >= 11 is 0. The minimum Gasteiger partial charge on any atom is -0.477 e. The average Bonchev–Trinajstić information content (AvgIpc) is 3.21. The van der Waals surface area contributed by atoms with Crippen LogP contribution in [-0.4, -0.2) is 22.4 Å². The van der Waals surface area contributed by atoms with Crippen LogP contribution in [0.2, 0.25) is 0 Å². The molecule has 0 unspecified atom stereocenters. The molecule has 1 aromatic heterocycles. The van der Waals surface area contributed by atoms with Crippen LogP contribution in [-0.2, 0) is 0 Å². The molecule has 1 N–H and O–H groups in total. The fraction of sp³-hybridized carbons (Fsp3) is 0.333. The number of carbonyl (C=O) groups is 1. The Hall–Kier alpha value is -2.31. The maximum Gasteiger partial charge on any atom is 0.573 e. The molecule has 0 spiro atoms. The zero-order valence-corrected chi connectivity index (χ0v) is 11.6. The van der Waals surface area contributed by atoms with Crippen molar-refractivity contribution in [2.45, 2.75) is 32.0 Å². The lowest BCUT2D eigenvalue weighted by Crippen LogP contribution is -2.18. The SMILES string of the molecule is Cc1cc(C(=O)O)nc2c(OC(F)(F)F)cc(C3CC3)cc12. The molecule has 1 fully saturated rings. The van der Waals surface area contributed by atoms with E-state index in [2.05, 4.69) is 9.72 Å². The highest BCUT2D eigenvalue weighted by Crippen LogP contribution is 2.44. The number of aryl methyl sites for hydroxylation is 1. The quantitative estimate of drug-likeness (QED) is 0.930. The first-order chi connectivity index (χ1) is 10.2. The van der Waals surface area contributed by atoms with Crippen LogP contribution in [0.1, 0.15) is 40.4 Å². The summed E-state index contributed by atoms with van der Waals surface area (Å²) < 4.78 is 41.9. The van der Waals surface area contributed by atoms with Crippen LogP contribution in [0, 0.1) is 6.92 Å². The van der Waals surface area contributed by atoms with Gasteiger partial charge in [0.05, 0.1) is 0 Å². The van der Waals surface area contributed by atoms with Crippen molar-refractivity contribution in [1.29, 1.82) is 0 Å². The largest absolute Gasteiger partial charge is 0.573 e. The van der Waals surface area contributed by atoms with Crippen molar-refractivity contribution in [3.63, 3.8) is 0 Å². The Morgan fingerprint density at radius 3 is 2.55 bits per heavy atom. The van der Waals surface area contributed by atoms with Crippen LogP contribution in [0.3, 0.4) is 0 Å². The van der Waals surface area contributed by atoms with Crippen molar-refractivity contribution in [2.75, 3.05) is 0 Å².